The van der Waals surface area contributed by atoms with Crippen LogP contribution in [-0.2, 0) is 10.2 Å². The van der Waals surface area contributed by atoms with E-state index < -0.39 is 12.5 Å². The molecule has 1 aromatic rings. The predicted molar refractivity (Wildman–Crippen MR) is 62.7 cm³/mol. The van der Waals surface area contributed by atoms with E-state index in [1.807, 2.05) is 13.8 Å². The van der Waals surface area contributed by atoms with Gasteiger partial charge in [0.1, 0.15) is 0 Å². The fourth-order valence-electron chi connectivity index (χ4n) is 2.15. The third kappa shape index (κ3) is 1.36. The number of anilines is 1. The first-order valence-corrected chi connectivity index (χ1v) is 5.14. The van der Waals surface area contributed by atoms with Gasteiger partial charge in [-0.25, -0.2) is 0 Å². The molecule has 0 atom stereocenters. The molecule has 0 spiro atoms. The highest BCUT2D eigenvalue weighted by molar-refractivity contribution is 6.58. The summed E-state index contributed by atoms with van der Waals surface area (Å²) in [5, 5.41) is 18.2. The van der Waals surface area contributed by atoms with Crippen LogP contribution in [0.3, 0.4) is 0 Å². The van der Waals surface area contributed by atoms with Crippen LogP contribution in [0, 0.1) is 0 Å². The maximum atomic E-state index is 12.0. The summed E-state index contributed by atoms with van der Waals surface area (Å²) in [6, 6.07) is 5.05. The Bertz CT molecular complexity index is 457. The summed E-state index contributed by atoms with van der Waals surface area (Å²) in [6.45, 7) is 3.68. The van der Waals surface area contributed by atoms with Crippen molar-refractivity contribution in [2.24, 2.45) is 0 Å². The number of carbonyl (C=O) groups is 1. The first kappa shape index (κ1) is 11.2. The van der Waals surface area contributed by atoms with E-state index in [0.717, 1.165) is 11.3 Å². The third-order valence-corrected chi connectivity index (χ3v) is 3.19. The lowest BCUT2D eigenvalue weighted by Crippen LogP contribution is -2.34. The Labute approximate surface area is 94.7 Å². The predicted octanol–water partition coefficient (Wildman–Crippen LogP) is -0.380. The second-order valence-corrected chi connectivity index (χ2v) is 4.64. The number of nitrogens with zero attached hydrogens (tertiary/aromatic N) is 1. The van der Waals surface area contributed by atoms with E-state index in [1.165, 1.54) is 0 Å². The standard InChI is InChI=1S/C11H14BNO3/c1-11(2)8-6-7(12(15)16)4-5-9(8)13(3)10(11)14/h4-6,15-16H,1-3H3. The van der Waals surface area contributed by atoms with Gasteiger partial charge in [0, 0.05) is 12.7 Å². The molecule has 0 unspecified atom stereocenters. The van der Waals surface area contributed by atoms with Gasteiger partial charge in [-0.15, -0.1) is 0 Å². The fourth-order valence-corrected chi connectivity index (χ4v) is 2.15. The van der Waals surface area contributed by atoms with Crippen molar-refractivity contribution < 1.29 is 14.8 Å². The molecule has 1 aliphatic rings. The van der Waals surface area contributed by atoms with Gasteiger partial charge in [0.05, 0.1) is 5.41 Å². The molecule has 4 nitrogen and oxygen atoms in total. The number of fused-ring (bicyclic) bond motifs is 1. The summed E-state index contributed by atoms with van der Waals surface area (Å²) in [5.41, 5.74) is 1.48. The number of carbonyl (C=O) groups excluding carboxylic acids is 1. The molecule has 2 rings (SSSR count). The van der Waals surface area contributed by atoms with E-state index >= 15 is 0 Å². The SMILES string of the molecule is CN1C(=O)C(C)(C)c2cc(B(O)O)ccc21. The van der Waals surface area contributed by atoms with Crippen molar-refractivity contribution >= 4 is 24.2 Å². The smallest absolute Gasteiger partial charge is 0.423 e. The van der Waals surface area contributed by atoms with Crippen molar-refractivity contribution in [2.45, 2.75) is 19.3 Å². The Hall–Kier alpha value is -1.33. The molecule has 0 saturated heterocycles. The Morgan fingerprint density at radius 1 is 1.31 bits per heavy atom. The van der Waals surface area contributed by atoms with Crippen molar-refractivity contribution in [2.75, 3.05) is 11.9 Å². The molecule has 0 radical (unpaired) electrons. The molecule has 0 saturated carbocycles. The summed E-state index contributed by atoms with van der Waals surface area (Å²) in [4.78, 5) is 13.6. The highest BCUT2D eigenvalue weighted by Crippen LogP contribution is 2.39. The van der Waals surface area contributed by atoms with Crippen LogP contribution in [0.2, 0.25) is 0 Å². The number of likely N-dealkylation sites (N-methyl/N-ethyl adjacent to an activating group) is 1. The fraction of sp³-hybridized carbons (Fsp3) is 0.364. The van der Waals surface area contributed by atoms with Crippen LogP contribution in [0.25, 0.3) is 0 Å². The molecule has 1 aliphatic heterocycles. The van der Waals surface area contributed by atoms with Gasteiger partial charge in [0.2, 0.25) is 5.91 Å². The van der Waals surface area contributed by atoms with E-state index in [9.17, 15) is 4.79 Å². The van der Waals surface area contributed by atoms with Gasteiger partial charge in [-0.05, 0) is 30.9 Å². The van der Waals surface area contributed by atoms with Gasteiger partial charge in [0.25, 0.3) is 0 Å². The zero-order valence-electron chi connectivity index (χ0n) is 9.56. The van der Waals surface area contributed by atoms with E-state index in [1.54, 1.807) is 30.1 Å². The van der Waals surface area contributed by atoms with Gasteiger partial charge in [-0.2, -0.15) is 0 Å². The van der Waals surface area contributed by atoms with Gasteiger partial charge in [-0.1, -0.05) is 12.1 Å². The quantitative estimate of drug-likeness (QED) is 0.633. The number of amides is 1. The van der Waals surface area contributed by atoms with Gasteiger partial charge in [0.15, 0.2) is 0 Å². The molecular formula is C11H14BNO3. The monoisotopic (exact) mass is 219 g/mol. The molecule has 84 valence electrons. The molecule has 1 heterocycles. The average molecular weight is 219 g/mol. The van der Waals surface area contributed by atoms with Crippen LogP contribution in [0.15, 0.2) is 18.2 Å². The van der Waals surface area contributed by atoms with Crippen LogP contribution in [-0.4, -0.2) is 30.1 Å². The largest absolute Gasteiger partial charge is 0.488 e. The van der Waals surface area contributed by atoms with Crippen molar-refractivity contribution in [3.63, 3.8) is 0 Å². The maximum Gasteiger partial charge on any atom is 0.488 e. The first-order chi connectivity index (χ1) is 7.35. The minimum atomic E-state index is -1.50. The second-order valence-electron chi connectivity index (χ2n) is 4.64. The summed E-state index contributed by atoms with van der Waals surface area (Å²) < 4.78 is 0. The number of hydrogen-bond acceptors (Lipinski definition) is 3. The molecule has 0 aromatic heterocycles. The van der Waals surface area contributed by atoms with Gasteiger partial charge in [-0.3, -0.25) is 4.79 Å². The molecule has 0 aliphatic carbocycles. The van der Waals surface area contributed by atoms with Crippen LogP contribution in [0.1, 0.15) is 19.4 Å². The van der Waals surface area contributed by atoms with Crippen molar-refractivity contribution in [1.82, 2.24) is 0 Å². The summed E-state index contributed by atoms with van der Waals surface area (Å²) in [7, 11) is 0.229. The normalized spacial score (nSPS) is 17.6. The third-order valence-electron chi connectivity index (χ3n) is 3.19. The van der Waals surface area contributed by atoms with Crippen LogP contribution < -0.4 is 10.4 Å². The Morgan fingerprint density at radius 2 is 1.94 bits per heavy atom. The van der Waals surface area contributed by atoms with E-state index in [4.69, 9.17) is 10.0 Å². The molecule has 0 bridgehead atoms. The molecular weight excluding hydrogens is 205 g/mol. The highest BCUT2D eigenvalue weighted by atomic mass is 16.4. The average Bonchev–Trinajstić information content (AvgIpc) is 2.40. The summed E-state index contributed by atoms with van der Waals surface area (Å²) in [5.74, 6) is 0.0204. The lowest BCUT2D eigenvalue weighted by atomic mass is 9.76. The molecule has 5 heteroatoms. The van der Waals surface area contributed by atoms with Crippen LogP contribution in [0.4, 0.5) is 5.69 Å². The molecule has 1 amide bonds. The van der Waals surface area contributed by atoms with E-state index in [0.29, 0.717) is 5.46 Å². The Kier molecular flexibility index (Phi) is 2.33. The molecule has 0 fully saturated rings. The number of benzene rings is 1. The lowest BCUT2D eigenvalue weighted by molar-refractivity contribution is -0.121. The number of rotatable bonds is 1. The minimum absolute atomic E-state index is 0.0204. The van der Waals surface area contributed by atoms with Crippen molar-refractivity contribution in [1.29, 1.82) is 0 Å². The Morgan fingerprint density at radius 3 is 2.50 bits per heavy atom. The first-order valence-electron chi connectivity index (χ1n) is 5.14. The Balaban J connectivity index is 2.61. The number of hydrogen-bond donors (Lipinski definition) is 2. The molecule has 2 N–H and O–H groups in total. The van der Waals surface area contributed by atoms with Crippen molar-refractivity contribution in [3.05, 3.63) is 23.8 Å². The lowest BCUT2D eigenvalue weighted by Gasteiger charge is -2.16. The minimum Gasteiger partial charge on any atom is -0.423 e. The van der Waals surface area contributed by atoms with Crippen LogP contribution in [0.5, 0.6) is 0 Å². The summed E-state index contributed by atoms with van der Waals surface area (Å²) in [6.07, 6.45) is 0. The van der Waals surface area contributed by atoms with Gasteiger partial charge < -0.3 is 14.9 Å². The van der Waals surface area contributed by atoms with Crippen LogP contribution >= 0.6 is 0 Å². The van der Waals surface area contributed by atoms with E-state index in [-0.39, 0.29) is 5.91 Å². The zero-order chi connectivity index (χ0) is 12.1. The topological polar surface area (TPSA) is 60.8 Å². The summed E-state index contributed by atoms with van der Waals surface area (Å²) >= 11 is 0. The molecule has 16 heavy (non-hydrogen) atoms. The molecule has 1 aromatic carbocycles. The highest BCUT2D eigenvalue weighted by Gasteiger charge is 2.42. The second kappa shape index (κ2) is 3.33. The van der Waals surface area contributed by atoms with E-state index in [2.05, 4.69) is 0 Å². The zero-order valence-corrected chi connectivity index (χ0v) is 9.56. The van der Waals surface area contributed by atoms with Gasteiger partial charge >= 0.3 is 7.12 Å². The maximum absolute atomic E-state index is 12.0. The van der Waals surface area contributed by atoms with Crippen molar-refractivity contribution in [3.8, 4) is 0 Å².